The lowest BCUT2D eigenvalue weighted by molar-refractivity contribution is 0.0577. The topological polar surface area (TPSA) is 93.2 Å². The predicted octanol–water partition coefficient (Wildman–Crippen LogP) is 3.92. The number of nitrogens with zero attached hydrogens (tertiary/aromatic N) is 5. The third-order valence-electron chi connectivity index (χ3n) is 7.77. The summed E-state index contributed by atoms with van der Waals surface area (Å²) in [5, 5.41) is 10.9. The molecular formula is C28H29N5O3. The lowest BCUT2D eigenvalue weighted by Gasteiger charge is -2.42. The van der Waals surface area contributed by atoms with Crippen molar-refractivity contribution < 1.29 is 9.90 Å². The van der Waals surface area contributed by atoms with Crippen LogP contribution in [0.1, 0.15) is 66.7 Å². The number of rotatable bonds is 3. The quantitative estimate of drug-likeness (QED) is 0.610. The van der Waals surface area contributed by atoms with Gasteiger partial charge in [0.05, 0.1) is 6.04 Å². The van der Waals surface area contributed by atoms with E-state index >= 15 is 0 Å². The molecule has 3 aliphatic rings. The van der Waals surface area contributed by atoms with E-state index in [-0.39, 0.29) is 29.6 Å². The largest absolute Gasteiger partial charge is 0.501 e. The molecule has 36 heavy (non-hydrogen) atoms. The summed E-state index contributed by atoms with van der Waals surface area (Å²) < 4.78 is 3.43. The van der Waals surface area contributed by atoms with Crippen LogP contribution in [-0.4, -0.2) is 47.6 Å². The highest BCUT2D eigenvalue weighted by Crippen LogP contribution is 2.45. The molecule has 0 saturated heterocycles. The zero-order valence-corrected chi connectivity index (χ0v) is 20.5. The number of aromatic nitrogens is 4. The Morgan fingerprint density at radius 3 is 2.78 bits per heavy atom. The molecule has 3 aromatic rings. The summed E-state index contributed by atoms with van der Waals surface area (Å²) in [6.45, 7) is 4.37. The molecule has 8 heteroatoms. The van der Waals surface area contributed by atoms with Crippen LogP contribution in [0.5, 0.6) is 5.75 Å². The SMILES string of the molecule is CC(C)N1C[C@H](C2CC3=C(CCC=C3)Cc3ccccc32)n2c(-n3ccnc3)nc(=O)c(O)c2C1=O. The van der Waals surface area contributed by atoms with Crippen molar-refractivity contribution in [3.8, 4) is 11.7 Å². The molecule has 2 aromatic heterocycles. The molecule has 3 heterocycles. The van der Waals surface area contributed by atoms with Crippen molar-refractivity contribution in [2.24, 2.45) is 0 Å². The Morgan fingerprint density at radius 2 is 2.00 bits per heavy atom. The van der Waals surface area contributed by atoms with E-state index in [1.165, 1.54) is 22.3 Å². The van der Waals surface area contributed by atoms with Crippen molar-refractivity contribution in [2.75, 3.05) is 6.54 Å². The number of allylic oxidation sites excluding steroid dienone is 4. The first-order valence-corrected chi connectivity index (χ1v) is 12.5. The van der Waals surface area contributed by atoms with Crippen LogP contribution in [-0.2, 0) is 6.42 Å². The number of imidazole rings is 1. The van der Waals surface area contributed by atoms with Crippen molar-refractivity contribution in [1.82, 2.24) is 24.0 Å². The van der Waals surface area contributed by atoms with Crippen LogP contribution in [0.25, 0.3) is 5.95 Å². The maximum absolute atomic E-state index is 13.7. The summed E-state index contributed by atoms with van der Waals surface area (Å²) in [4.78, 5) is 36.5. The second kappa shape index (κ2) is 8.62. The molecule has 1 N–H and O–H groups in total. The lowest BCUT2D eigenvalue weighted by Crippen LogP contribution is -2.50. The smallest absolute Gasteiger partial charge is 0.317 e. The molecule has 2 aliphatic carbocycles. The third kappa shape index (κ3) is 3.51. The minimum absolute atomic E-state index is 0.00114. The molecule has 1 amide bonds. The number of benzene rings is 1. The number of fused-ring (bicyclic) bond motifs is 2. The van der Waals surface area contributed by atoms with Gasteiger partial charge in [0, 0.05) is 30.9 Å². The highest BCUT2D eigenvalue weighted by Gasteiger charge is 2.42. The second-order valence-electron chi connectivity index (χ2n) is 10.1. The van der Waals surface area contributed by atoms with Gasteiger partial charge in [-0.2, -0.15) is 4.98 Å². The van der Waals surface area contributed by atoms with Gasteiger partial charge in [-0.15, -0.1) is 0 Å². The van der Waals surface area contributed by atoms with Crippen LogP contribution < -0.4 is 5.56 Å². The number of carbonyl (C=O) groups excluding carboxylic acids is 1. The predicted molar refractivity (Wildman–Crippen MR) is 135 cm³/mol. The minimum Gasteiger partial charge on any atom is -0.501 e. The Kier molecular flexibility index (Phi) is 5.39. The maximum atomic E-state index is 13.7. The average molecular weight is 484 g/mol. The molecule has 2 atom stereocenters. The normalized spacial score (nSPS) is 21.3. The second-order valence-corrected chi connectivity index (χ2v) is 10.1. The molecule has 0 fully saturated rings. The molecule has 1 aromatic carbocycles. The van der Waals surface area contributed by atoms with Gasteiger partial charge in [-0.3, -0.25) is 18.7 Å². The van der Waals surface area contributed by atoms with Gasteiger partial charge in [0.25, 0.3) is 5.91 Å². The zero-order chi connectivity index (χ0) is 25.0. The van der Waals surface area contributed by atoms with Crippen LogP contribution in [0.4, 0.5) is 0 Å². The molecule has 8 nitrogen and oxygen atoms in total. The maximum Gasteiger partial charge on any atom is 0.317 e. The fourth-order valence-electron chi connectivity index (χ4n) is 6.00. The number of aromatic hydroxyl groups is 1. The Balaban J connectivity index is 1.62. The average Bonchev–Trinajstić information content (AvgIpc) is 3.35. The van der Waals surface area contributed by atoms with E-state index in [0.29, 0.717) is 12.5 Å². The van der Waals surface area contributed by atoms with Gasteiger partial charge in [-0.25, -0.2) is 4.98 Å². The first kappa shape index (κ1) is 22.5. The van der Waals surface area contributed by atoms with Crippen molar-refractivity contribution in [3.05, 3.63) is 93.5 Å². The van der Waals surface area contributed by atoms with Crippen LogP contribution >= 0.6 is 0 Å². The molecule has 1 aliphatic heterocycles. The molecule has 1 unspecified atom stereocenters. The van der Waals surface area contributed by atoms with Crippen molar-refractivity contribution in [2.45, 2.75) is 57.5 Å². The van der Waals surface area contributed by atoms with E-state index in [0.717, 1.165) is 25.7 Å². The van der Waals surface area contributed by atoms with Gasteiger partial charge >= 0.3 is 5.56 Å². The fraction of sp³-hybridized carbons (Fsp3) is 0.357. The van der Waals surface area contributed by atoms with Gasteiger partial charge in [-0.05, 0) is 56.2 Å². The Hall–Kier alpha value is -3.94. The summed E-state index contributed by atoms with van der Waals surface area (Å²) in [6.07, 6.45) is 13.2. The lowest BCUT2D eigenvalue weighted by atomic mass is 9.82. The Morgan fingerprint density at radius 1 is 1.17 bits per heavy atom. The van der Waals surface area contributed by atoms with Gasteiger partial charge in [0.1, 0.15) is 6.33 Å². The molecule has 0 saturated carbocycles. The van der Waals surface area contributed by atoms with Crippen LogP contribution in [0, 0.1) is 0 Å². The zero-order valence-electron chi connectivity index (χ0n) is 20.5. The monoisotopic (exact) mass is 483 g/mol. The standard InChI is InChI=1S/C28H29N5O3/c1-17(2)32-15-23(22-14-19-8-4-3-7-18(19)13-20-9-5-6-10-21(20)22)33-24(27(32)36)25(34)26(35)30-28(33)31-12-11-29-16-31/h4-6,8-12,16-17,22-23,34H,3,7,13-15H2,1-2H3/t22?,23-/m1/s1. The van der Waals surface area contributed by atoms with Gasteiger partial charge in [0.15, 0.2) is 5.69 Å². The summed E-state index contributed by atoms with van der Waals surface area (Å²) in [6, 6.07) is 8.19. The summed E-state index contributed by atoms with van der Waals surface area (Å²) in [5.74, 6) is -0.657. The van der Waals surface area contributed by atoms with Crippen molar-refractivity contribution in [3.63, 3.8) is 0 Å². The van der Waals surface area contributed by atoms with E-state index in [1.807, 2.05) is 13.8 Å². The number of hydrogen-bond acceptors (Lipinski definition) is 5. The fourth-order valence-corrected chi connectivity index (χ4v) is 6.00. The molecule has 0 spiro atoms. The molecular weight excluding hydrogens is 454 g/mol. The first-order chi connectivity index (χ1) is 17.4. The van der Waals surface area contributed by atoms with E-state index < -0.39 is 11.3 Å². The Labute approximate surface area is 209 Å². The van der Waals surface area contributed by atoms with Gasteiger partial charge < -0.3 is 10.0 Å². The third-order valence-corrected chi connectivity index (χ3v) is 7.77. The van der Waals surface area contributed by atoms with E-state index in [1.54, 1.807) is 32.8 Å². The highest BCUT2D eigenvalue weighted by atomic mass is 16.3. The van der Waals surface area contributed by atoms with Crippen molar-refractivity contribution >= 4 is 5.91 Å². The number of carbonyl (C=O) groups is 1. The van der Waals surface area contributed by atoms with Crippen LogP contribution in [0.15, 0.2) is 71.1 Å². The summed E-state index contributed by atoms with van der Waals surface area (Å²) in [5.41, 5.74) is 4.53. The number of hydrogen-bond donors (Lipinski definition) is 1. The summed E-state index contributed by atoms with van der Waals surface area (Å²) in [7, 11) is 0. The summed E-state index contributed by atoms with van der Waals surface area (Å²) >= 11 is 0. The first-order valence-electron chi connectivity index (χ1n) is 12.5. The Bertz CT molecular complexity index is 1460. The van der Waals surface area contributed by atoms with Crippen molar-refractivity contribution in [1.29, 1.82) is 0 Å². The molecule has 6 rings (SSSR count). The molecule has 0 radical (unpaired) electrons. The van der Waals surface area contributed by atoms with E-state index in [9.17, 15) is 14.7 Å². The van der Waals surface area contributed by atoms with Gasteiger partial charge in [-0.1, -0.05) is 42.0 Å². The number of amides is 1. The minimum atomic E-state index is -0.816. The van der Waals surface area contributed by atoms with Gasteiger partial charge in [0.2, 0.25) is 11.7 Å². The highest BCUT2D eigenvalue weighted by molar-refractivity contribution is 5.96. The van der Waals surface area contributed by atoms with E-state index in [2.05, 4.69) is 46.4 Å². The molecule has 184 valence electrons. The van der Waals surface area contributed by atoms with E-state index in [4.69, 9.17) is 0 Å². The molecule has 0 bridgehead atoms. The van der Waals surface area contributed by atoms with Crippen LogP contribution in [0.3, 0.4) is 0 Å². The van der Waals surface area contributed by atoms with Crippen LogP contribution in [0.2, 0.25) is 0 Å².